The topological polar surface area (TPSA) is 3.24 Å². The molecule has 0 radical (unpaired) electrons. The van der Waals surface area contributed by atoms with Gasteiger partial charge in [0.15, 0.2) is 0 Å². The first-order chi connectivity index (χ1) is 30.0. The highest BCUT2D eigenvalue weighted by atomic mass is 15.1. The van der Waals surface area contributed by atoms with Gasteiger partial charge in [0.05, 0.1) is 0 Å². The van der Waals surface area contributed by atoms with Crippen molar-refractivity contribution in [3.63, 3.8) is 0 Å². The van der Waals surface area contributed by atoms with Crippen LogP contribution in [0.4, 0.5) is 17.1 Å². The summed E-state index contributed by atoms with van der Waals surface area (Å²) in [5.74, 6) is 0.436. The average Bonchev–Trinajstić information content (AvgIpc) is 3.33. The van der Waals surface area contributed by atoms with Crippen LogP contribution in [0.2, 0.25) is 0 Å². The van der Waals surface area contributed by atoms with Crippen LogP contribution in [0.25, 0.3) is 44.5 Å². The van der Waals surface area contributed by atoms with E-state index in [1.165, 1.54) is 72.3 Å². The van der Waals surface area contributed by atoms with E-state index in [1.807, 2.05) is 0 Å². The molecule has 296 valence electrons. The Morgan fingerprint density at radius 1 is 0.311 bits per heavy atom. The minimum absolute atomic E-state index is 0.436. The zero-order valence-corrected chi connectivity index (χ0v) is 35.1. The van der Waals surface area contributed by atoms with Crippen LogP contribution in [0.1, 0.15) is 40.2 Å². The summed E-state index contributed by atoms with van der Waals surface area (Å²) >= 11 is 0. The van der Waals surface area contributed by atoms with Crippen LogP contribution in [0, 0.1) is 13.8 Å². The van der Waals surface area contributed by atoms with Crippen molar-refractivity contribution < 1.29 is 0 Å². The van der Waals surface area contributed by atoms with Gasteiger partial charge in [-0.3, -0.25) is 0 Å². The Bertz CT molecular complexity index is 2750. The fourth-order valence-corrected chi connectivity index (χ4v) is 8.41. The highest BCUT2D eigenvalue weighted by Crippen LogP contribution is 2.37. The lowest BCUT2D eigenvalue weighted by atomic mass is 9.86. The van der Waals surface area contributed by atoms with Gasteiger partial charge in [-0.25, -0.2) is 0 Å². The van der Waals surface area contributed by atoms with Gasteiger partial charge in [0.2, 0.25) is 0 Å². The van der Waals surface area contributed by atoms with Crippen LogP contribution in [0.3, 0.4) is 0 Å². The number of hydrogen-bond donors (Lipinski definition) is 0. The smallest absolute Gasteiger partial charge is 0.0462 e. The van der Waals surface area contributed by atoms with Gasteiger partial charge in [0, 0.05) is 17.1 Å². The van der Waals surface area contributed by atoms with Crippen molar-refractivity contribution >= 4 is 17.1 Å². The number of nitrogens with zero attached hydrogens (tertiary/aromatic N) is 1. The minimum Gasteiger partial charge on any atom is -0.311 e. The van der Waals surface area contributed by atoms with Crippen molar-refractivity contribution in [2.45, 2.75) is 39.0 Å². The van der Waals surface area contributed by atoms with E-state index in [4.69, 9.17) is 0 Å². The summed E-state index contributed by atoms with van der Waals surface area (Å²) in [5.41, 5.74) is 20.0. The Morgan fingerprint density at radius 2 is 0.623 bits per heavy atom. The van der Waals surface area contributed by atoms with E-state index in [0.717, 1.165) is 36.3 Å². The summed E-state index contributed by atoms with van der Waals surface area (Å²) in [6, 6.07) is 84.3. The van der Waals surface area contributed by atoms with Crippen molar-refractivity contribution in [3.8, 4) is 44.5 Å². The average molecular weight is 786 g/mol. The van der Waals surface area contributed by atoms with Gasteiger partial charge < -0.3 is 4.90 Å². The lowest BCUT2D eigenvalue weighted by Gasteiger charge is -2.26. The molecule has 0 fully saturated rings. The van der Waals surface area contributed by atoms with Crippen molar-refractivity contribution in [1.29, 1.82) is 0 Å². The van der Waals surface area contributed by atoms with Gasteiger partial charge in [-0.2, -0.15) is 0 Å². The molecule has 0 heterocycles. The van der Waals surface area contributed by atoms with Crippen LogP contribution in [-0.4, -0.2) is 0 Å². The Labute approximate surface area is 362 Å². The van der Waals surface area contributed by atoms with Gasteiger partial charge >= 0.3 is 0 Å². The van der Waals surface area contributed by atoms with Crippen molar-refractivity contribution in [3.05, 3.63) is 258 Å². The standard InChI is InChI=1S/C60H51N/c1-44-13-17-47(18-14-44)43-57(56-31-29-51(30-32-56)48-9-5-3-6-10-48)24-21-46-19-22-50(23-20-46)52-25-27-53(28-26-52)55-35-41-60(42-36-55)61(58-37-15-45(2)16-38-58)59-39-33-54(34-40-59)49-11-7-4-8-12-49/h3-20,22-23,25-42,57H,21,24,43H2,1-2H3. The molecule has 0 spiro atoms. The van der Waals surface area contributed by atoms with Gasteiger partial charge in [-0.15, -0.1) is 0 Å². The zero-order chi connectivity index (χ0) is 41.4. The number of hydrogen-bond acceptors (Lipinski definition) is 1. The fraction of sp³-hybridized carbons (Fsp3) is 0.100. The maximum atomic E-state index is 2.34. The van der Waals surface area contributed by atoms with E-state index < -0.39 is 0 Å². The molecule has 0 saturated heterocycles. The maximum absolute atomic E-state index is 2.34. The molecule has 0 bridgehead atoms. The number of benzene rings is 9. The van der Waals surface area contributed by atoms with Crippen LogP contribution >= 0.6 is 0 Å². The van der Waals surface area contributed by atoms with Gasteiger partial charge in [-0.05, 0) is 137 Å². The van der Waals surface area contributed by atoms with Crippen molar-refractivity contribution in [2.75, 3.05) is 4.90 Å². The Kier molecular flexibility index (Phi) is 11.8. The Morgan fingerprint density at radius 3 is 1.05 bits per heavy atom. The summed E-state index contributed by atoms with van der Waals surface area (Å²) in [6.07, 6.45) is 3.16. The van der Waals surface area contributed by atoms with E-state index in [0.29, 0.717) is 5.92 Å². The zero-order valence-electron chi connectivity index (χ0n) is 35.1. The Balaban J connectivity index is 0.881. The molecule has 1 atom stereocenters. The van der Waals surface area contributed by atoms with Crippen molar-refractivity contribution in [2.24, 2.45) is 0 Å². The molecule has 1 nitrogen and oxygen atoms in total. The molecule has 0 saturated carbocycles. The third kappa shape index (κ3) is 9.49. The van der Waals surface area contributed by atoms with Crippen LogP contribution in [0.5, 0.6) is 0 Å². The SMILES string of the molecule is Cc1ccc(CC(CCc2ccc(-c3ccc(-c4ccc(N(c5ccc(C)cc5)c5ccc(-c6ccccc6)cc5)cc4)cc3)cc2)c2ccc(-c3ccccc3)cc2)cc1. The van der Waals surface area contributed by atoms with Crippen molar-refractivity contribution in [1.82, 2.24) is 0 Å². The molecule has 9 aromatic carbocycles. The summed E-state index contributed by atoms with van der Waals surface area (Å²) in [5, 5.41) is 0. The molecule has 0 aliphatic rings. The van der Waals surface area contributed by atoms with Crippen LogP contribution in [0.15, 0.2) is 231 Å². The van der Waals surface area contributed by atoms with Gasteiger partial charge in [0.1, 0.15) is 0 Å². The summed E-state index contributed by atoms with van der Waals surface area (Å²) < 4.78 is 0. The van der Waals surface area contributed by atoms with E-state index in [-0.39, 0.29) is 0 Å². The molecule has 1 unspecified atom stereocenters. The molecule has 0 aliphatic heterocycles. The largest absolute Gasteiger partial charge is 0.311 e. The first-order valence-corrected chi connectivity index (χ1v) is 21.6. The highest BCUT2D eigenvalue weighted by Gasteiger charge is 2.16. The maximum Gasteiger partial charge on any atom is 0.0462 e. The fourth-order valence-electron chi connectivity index (χ4n) is 8.41. The van der Waals surface area contributed by atoms with Crippen LogP contribution < -0.4 is 4.90 Å². The second-order valence-corrected chi connectivity index (χ2v) is 16.3. The predicted molar refractivity (Wildman–Crippen MR) is 260 cm³/mol. The molecule has 0 amide bonds. The predicted octanol–water partition coefficient (Wildman–Crippen LogP) is 16.4. The second kappa shape index (κ2) is 18.4. The molecule has 61 heavy (non-hydrogen) atoms. The third-order valence-corrected chi connectivity index (χ3v) is 12.0. The quantitative estimate of drug-likeness (QED) is 0.113. The summed E-state index contributed by atoms with van der Waals surface area (Å²) in [7, 11) is 0. The molecule has 9 aromatic rings. The first kappa shape index (κ1) is 39.3. The number of aryl methyl sites for hydroxylation is 3. The van der Waals surface area contributed by atoms with Crippen LogP contribution in [-0.2, 0) is 12.8 Å². The minimum atomic E-state index is 0.436. The lowest BCUT2D eigenvalue weighted by Crippen LogP contribution is -2.09. The molecular formula is C60H51N. The molecule has 9 rings (SSSR count). The molecule has 0 N–H and O–H groups in total. The monoisotopic (exact) mass is 785 g/mol. The second-order valence-electron chi connectivity index (χ2n) is 16.3. The Hall–Kier alpha value is -7.22. The van der Waals surface area contributed by atoms with Gasteiger partial charge in [-0.1, -0.05) is 205 Å². The van der Waals surface area contributed by atoms with Gasteiger partial charge in [0.25, 0.3) is 0 Å². The molecule has 0 aromatic heterocycles. The van der Waals surface area contributed by atoms with E-state index in [1.54, 1.807) is 0 Å². The highest BCUT2D eigenvalue weighted by molar-refractivity contribution is 5.80. The number of rotatable bonds is 13. The number of anilines is 3. The van der Waals surface area contributed by atoms with E-state index in [9.17, 15) is 0 Å². The molecular weight excluding hydrogens is 735 g/mol. The molecule has 1 heteroatoms. The first-order valence-electron chi connectivity index (χ1n) is 21.6. The lowest BCUT2D eigenvalue weighted by molar-refractivity contribution is 0.621. The molecule has 0 aliphatic carbocycles. The summed E-state index contributed by atoms with van der Waals surface area (Å²) in [6.45, 7) is 4.30. The third-order valence-electron chi connectivity index (χ3n) is 12.0. The van der Waals surface area contributed by atoms with E-state index in [2.05, 4.69) is 249 Å². The normalized spacial score (nSPS) is 11.6. The summed E-state index contributed by atoms with van der Waals surface area (Å²) in [4.78, 5) is 2.33. The van der Waals surface area contributed by atoms with E-state index >= 15 is 0 Å².